The maximum atomic E-state index is 13.6. The van der Waals surface area contributed by atoms with Crippen molar-refractivity contribution in [3.05, 3.63) is 65.0 Å². The Hall–Kier alpha value is -3.39. The van der Waals surface area contributed by atoms with Gasteiger partial charge in [0.2, 0.25) is 0 Å². The molecule has 2 aliphatic heterocycles. The van der Waals surface area contributed by atoms with E-state index < -0.39 is 23.5 Å². The van der Waals surface area contributed by atoms with Crippen molar-refractivity contribution >= 4 is 23.1 Å². The van der Waals surface area contributed by atoms with Gasteiger partial charge in [0, 0.05) is 19.2 Å². The summed E-state index contributed by atoms with van der Waals surface area (Å²) in [6.45, 7) is 5.38. The molecule has 0 saturated carbocycles. The first kappa shape index (κ1) is 22.8. The molecular formula is C25H27FN2O5. The summed E-state index contributed by atoms with van der Waals surface area (Å²) in [5.74, 6) is -1.54. The highest BCUT2D eigenvalue weighted by Gasteiger charge is 2.46. The zero-order valence-corrected chi connectivity index (χ0v) is 18.9. The number of likely N-dealkylation sites (tertiary alicyclic amines) is 1. The fraction of sp³-hybridized carbons (Fsp3) is 0.360. The number of nitrogens with zero attached hydrogens (tertiary/aromatic N) is 2. The molecule has 1 fully saturated rings. The Labute approximate surface area is 192 Å². The monoisotopic (exact) mass is 454 g/mol. The molecule has 174 valence electrons. The van der Waals surface area contributed by atoms with Crippen molar-refractivity contribution in [2.24, 2.45) is 0 Å². The molecule has 0 spiro atoms. The van der Waals surface area contributed by atoms with Gasteiger partial charge in [-0.25, -0.2) is 4.39 Å². The van der Waals surface area contributed by atoms with Crippen LogP contribution in [-0.4, -0.2) is 61.2 Å². The third-order valence-electron chi connectivity index (χ3n) is 5.84. The molecule has 2 heterocycles. The molecule has 1 amide bonds. The average Bonchev–Trinajstić information content (AvgIpc) is 3.04. The summed E-state index contributed by atoms with van der Waals surface area (Å²) in [6.07, 6.45) is -0.0409. The summed E-state index contributed by atoms with van der Waals surface area (Å²) in [5, 5.41) is 11.2. The third kappa shape index (κ3) is 4.43. The normalized spacial score (nSPS) is 19.7. The number of ketones is 1. The molecule has 4 rings (SSSR count). The summed E-state index contributed by atoms with van der Waals surface area (Å²) >= 11 is 0. The van der Waals surface area contributed by atoms with E-state index in [-0.39, 0.29) is 30.6 Å². The Morgan fingerprint density at radius 3 is 2.64 bits per heavy atom. The lowest BCUT2D eigenvalue weighted by molar-refractivity contribution is -0.140. The van der Waals surface area contributed by atoms with Gasteiger partial charge in [0.25, 0.3) is 11.7 Å². The van der Waals surface area contributed by atoms with Gasteiger partial charge in [-0.15, -0.1) is 0 Å². The Morgan fingerprint density at radius 1 is 1.21 bits per heavy atom. The van der Waals surface area contributed by atoms with Crippen molar-refractivity contribution in [3.63, 3.8) is 0 Å². The molecule has 1 unspecified atom stereocenters. The van der Waals surface area contributed by atoms with E-state index in [2.05, 4.69) is 0 Å². The molecule has 0 radical (unpaired) electrons. The summed E-state index contributed by atoms with van der Waals surface area (Å²) in [4.78, 5) is 29.4. The second-order valence-electron chi connectivity index (χ2n) is 8.42. The fourth-order valence-corrected chi connectivity index (χ4v) is 4.14. The van der Waals surface area contributed by atoms with Crippen LogP contribution in [0.2, 0.25) is 0 Å². The zero-order valence-electron chi connectivity index (χ0n) is 18.9. The number of hydrogen-bond acceptors (Lipinski definition) is 6. The van der Waals surface area contributed by atoms with Gasteiger partial charge in [0.05, 0.1) is 36.6 Å². The Bertz CT molecular complexity index is 1100. The number of benzene rings is 2. The van der Waals surface area contributed by atoms with Crippen LogP contribution in [0.3, 0.4) is 0 Å². The van der Waals surface area contributed by atoms with Crippen LogP contribution in [0.1, 0.15) is 31.0 Å². The quantitative estimate of drug-likeness (QED) is 0.409. The predicted octanol–water partition coefficient (Wildman–Crippen LogP) is 3.50. The van der Waals surface area contributed by atoms with E-state index in [1.807, 2.05) is 25.8 Å². The second-order valence-corrected chi connectivity index (χ2v) is 8.42. The molecule has 33 heavy (non-hydrogen) atoms. The van der Waals surface area contributed by atoms with Gasteiger partial charge in [0.1, 0.15) is 23.9 Å². The van der Waals surface area contributed by atoms with Gasteiger partial charge in [-0.2, -0.15) is 0 Å². The molecule has 0 aliphatic carbocycles. The molecule has 8 heteroatoms. The molecular weight excluding hydrogens is 427 g/mol. The molecule has 1 atom stereocenters. The highest BCUT2D eigenvalue weighted by Crippen LogP contribution is 2.41. The van der Waals surface area contributed by atoms with Crippen LogP contribution in [0.5, 0.6) is 5.75 Å². The minimum absolute atomic E-state index is 0.0320. The number of fused-ring (bicyclic) bond motifs is 1. The van der Waals surface area contributed by atoms with E-state index in [1.165, 1.54) is 29.2 Å². The highest BCUT2D eigenvalue weighted by atomic mass is 19.1. The standard InChI is InChI=1S/C25H27FN2O5/c1-15(2)32-13-11-28-22(16-4-7-18(26)8-5-16)21(24(30)25(28)31)23(29)17-6-9-20-19(14-17)27(3)10-12-33-20/h4-9,14-15,22,29H,10-13H2,1-3H3/b23-21-. The first-order chi connectivity index (χ1) is 15.8. The maximum Gasteiger partial charge on any atom is 0.295 e. The lowest BCUT2D eigenvalue weighted by Crippen LogP contribution is -2.33. The summed E-state index contributed by atoms with van der Waals surface area (Å²) in [6, 6.07) is 9.85. The van der Waals surface area contributed by atoms with Gasteiger partial charge in [-0.1, -0.05) is 12.1 Å². The Balaban J connectivity index is 1.79. The number of anilines is 1. The van der Waals surface area contributed by atoms with Crippen molar-refractivity contribution in [1.82, 2.24) is 4.90 Å². The van der Waals surface area contributed by atoms with Gasteiger partial charge in [-0.05, 0) is 49.7 Å². The number of likely N-dealkylation sites (N-methyl/N-ethyl adjacent to an activating group) is 1. The number of carbonyl (C=O) groups excluding carboxylic acids is 2. The van der Waals surface area contributed by atoms with Gasteiger partial charge in [0.15, 0.2) is 0 Å². The van der Waals surface area contributed by atoms with Crippen molar-refractivity contribution in [2.45, 2.75) is 26.0 Å². The molecule has 1 saturated heterocycles. The maximum absolute atomic E-state index is 13.6. The number of halogens is 1. The topological polar surface area (TPSA) is 79.3 Å². The SMILES string of the molecule is CC(C)OCCN1C(=O)C(=O)/C(=C(\O)c2ccc3c(c2)N(C)CCO3)C1c1ccc(F)cc1. The molecule has 0 aromatic heterocycles. The molecule has 1 N–H and O–H groups in total. The lowest BCUT2D eigenvalue weighted by atomic mass is 9.95. The van der Waals surface area contributed by atoms with Crippen LogP contribution in [0, 0.1) is 5.82 Å². The van der Waals surface area contributed by atoms with Crippen molar-refractivity contribution in [2.75, 3.05) is 38.3 Å². The number of ether oxygens (including phenoxy) is 2. The largest absolute Gasteiger partial charge is 0.507 e. The number of hydrogen-bond donors (Lipinski definition) is 1. The molecule has 7 nitrogen and oxygen atoms in total. The average molecular weight is 454 g/mol. The van der Waals surface area contributed by atoms with E-state index in [9.17, 15) is 19.1 Å². The second kappa shape index (κ2) is 9.23. The van der Waals surface area contributed by atoms with Crippen LogP contribution >= 0.6 is 0 Å². The Morgan fingerprint density at radius 2 is 1.94 bits per heavy atom. The van der Waals surface area contributed by atoms with E-state index in [1.54, 1.807) is 18.2 Å². The summed E-state index contributed by atoms with van der Waals surface area (Å²) < 4.78 is 24.8. The van der Waals surface area contributed by atoms with E-state index in [4.69, 9.17) is 9.47 Å². The van der Waals surface area contributed by atoms with Crippen molar-refractivity contribution < 1.29 is 28.6 Å². The molecule has 2 aromatic rings. The Kier molecular flexibility index (Phi) is 6.37. The predicted molar refractivity (Wildman–Crippen MR) is 122 cm³/mol. The molecule has 0 bridgehead atoms. The van der Waals surface area contributed by atoms with Crippen LogP contribution in [0.4, 0.5) is 10.1 Å². The lowest BCUT2D eigenvalue weighted by Gasteiger charge is -2.28. The van der Waals surface area contributed by atoms with Crippen molar-refractivity contribution in [1.29, 1.82) is 0 Å². The highest BCUT2D eigenvalue weighted by molar-refractivity contribution is 6.46. The number of Topliss-reactive ketones (excluding diaryl/α,β-unsaturated/α-hetero) is 1. The van der Waals surface area contributed by atoms with Crippen LogP contribution in [0.25, 0.3) is 5.76 Å². The van der Waals surface area contributed by atoms with Gasteiger partial charge < -0.3 is 24.4 Å². The number of amides is 1. The van der Waals surface area contributed by atoms with E-state index in [0.29, 0.717) is 30.0 Å². The number of aliphatic hydroxyl groups excluding tert-OH is 1. The molecule has 2 aliphatic rings. The minimum atomic E-state index is -0.855. The van der Waals surface area contributed by atoms with Gasteiger partial charge >= 0.3 is 0 Å². The van der Waals surface area contributed by atoms with Crippen LogP contribution in [0.15, 0.2) is 48.0 Å². The fourth-order valence-electron chi connectivity index (χ4n) is 4.14. The smallest absolute Gasteiger partial charge is 0.295 e. The van der Waals surface area contributed by atoms with E-state index >= 15 is 0 Å². The van der Waals surface area contributed by atoms with E-state index in [0.717, 1.165) is 5.69 Å². The number of aliphatic hydroxyl groups is 1. The van der Waals surface area contributed by atoms with Crippen molar-refractivity contribution in [3.8, 4) is 5.75 Å². The summed E-state index contributed by atoms with van der Waals surface area (Å²) in [7, 11) is 1.91. The first-order valence-electron chi connectivity index (χ1n) is 10.9. The number of rotatable bonds is 6. The van der Waals surface area contributed by atoms with Crippen LogP contribution < -0.4 is 9.64 Å². The minimum Gasteiger partial charge on any atom is -0.507 e. The molecule has 2 aromatic carbocycles. The first-order valence-corrected chi connectivity index (χ1v) is 10.9. The zero-order chi connectivity index (χ0) is 23.7. The number of carbonyl (C=O) groups is 2. The van der Waals surface area contributed by atoms with Crippen LogP contribution in [-0.2, 0) is 14.3 Å². The summed E-state index contributed by atoms with van der Waals surface area (Å²) in [5.41, 5.74) is 1.67. The third-order valence-corrected chi connectivity index (χ3v) is 5.84. The van der Waals surface area contributed by atoms with Gasteiger partial charge in [-0.3, -0.25) is 9.59 Å².